The van der Waals surface area contributed by atoms with Crippen molar-refractivity contribution in [3.63, 3.8) is 0 Å². The van der Waals surface area contributed by atoms with E-state index in [1.165, 1.54) is 276 Å². The molecule has 0 aromatic heterocycles. The quantitative estimate of drug-likeness (QED) is 0.0361. The first-order valence-corrected chi connectivity index (χ1v) is 31.3. The summed E-state index contributed by atoms with van der Waals surface area (Å²) >= 11 is 0. The van der Waals surface area contributed by atoms with Gasteiger partial charge in [0.1, 0.15) is 6.10 Å². The van der Waals surface area contributed by atoms with Crippen molar-refractivity contribution in [1.29, 1.82) is 0 Å². The summed E-state index contributed by atoms with van der Waals surface area (Å²) in [6.45, 7) is 4.21. The van der Waals surface area contributed by atoms with E-state index < -0.39 is 24.2 Å². The molecule has 69 heavy (non-hydrogen) atoms. The Morgan fingerprint density at radius 3 is 0.884 bits per heavy atom. The zero-order valence-corrected chi connectivity index (χ0v) is 46.7. The number of amides is 1. The van der Waals surface area contributed by atoms with Crippen LogP contribution in [-0.4, -0.2) is 46.1 Å². The topological polar surface area (TPSA) is 89.8 Å². The predicted molar refractivity (Wildman–Crippen MR) is 305 cm³/mol. The van der Waals surface area contributed by atoms with Gasteiger partial charge in [0.05, 0.1) is 18.8 Å². The van der Waals surface area contributed by atoms with Gasteiger partial charge in [0.25, 0.3) is 0 Å². The van der Waals surface area contributed by atoms with Crippen molar-refractivity contribution in [2.75, 3.05) is 6.61 Å². The van der Waals surface area contributed by atoms with Gasteiger partial charge in [-0.1, -0.05) is 333 Å². The highest BCUT2D eigenvalue weighted by atomic mass is 16.3. The molecule has 5 heteroatoms. The Hall–Kier alpha value is -1.43. The van der Waals surface area contributed by atoms with Crippen LogP contribution in [0.25, 0.3) is 0 Å². The minimum absolute atomic E-state index is 0.379. The van der Waals surface area contributed by atoms with Crippen molar-refractivity contribution in [2.24, 2.45) is 0 Å². The van der Waals surface area contributed by atoms with Crippen LogP contribution in [0.1, 0.15) is 341 Å². The molecular weight excluding hydrogens is 847 g/mol. The van der Waals surface area contributed by atoms with Crippen LogP contribution < -0.4 is 5.32 Å². The van der Waals surface area contributed by atoms with E-state index in [0.29, 0.717) is 6.42 Å². The number of hydrogen-bond acceptors (Lipinski definition) is 4. The average Bonchev–Trinajstić information content (AvgIpc) is 3.35. The predicted octanol–water partition coefficient (Wildman–Crippen LogP) is 19.8. The summed E-state index contributed by atoms with van der Waals surface area (Å²) in [5.41, 5.74) is 0. The summed E-state index contributed by atoms with van der Waals surface area (Å²) in [5.74, 6) is -0.510. The molecule has 3 unspecified atom stereocenters. The fraction of sp³-hybridized carbons (Fsp3) is 0.891. The molecule has 0 aliphatic heterocycles. The summed E-state index contributed by atoms with van der Waals surface area (Å²) < 4.78 is 0. The first kappa shape index (κ1) is 67.6. The highest BCUT2D eigenvalue weighted by molar-refractivity contribution is 5.80. The molecule has 0 aliphatic carbocycles. The maximum atomic E-state index is 12.6. The van der Waals surface area contributed by atoms with Gasteiger partial charge in [-0.05, 0) is 44.9 Å². The minimum Gasteiger partial charge on any atom is -0.394 e. The van der Waals surface area contributed by atoms with Gasteiger partial charge in [-0.25, -0.2) is 0 Å². The Morgan fingerprint density at radius 1 is 0.348 bits per heavy atom. The Labute approximate surface area is 432 Å². The molecule has 0 radical (unpaired) electrons. The molecule has 0 aromatic rings. The molecule has 0 spiro atoms. The highest BCUT2D eigenvalue weighted by Crippen LogP contribution is 2.18. The lowest BCUT2D eigenvalue weighted by Crippen LogP contribution is -2.48. The molecule has 0 saturated carbocycles. The number of nitrogens with one attached hydrogen (secondary N) is 1. The van der Waals surface area contributed by atoms with E-state index in [4.69, 9.17) is 0 Å². The van der Waals surface area contributed by atoms with E-state index in [-0.39, 0.29) is 6.61 Å². The third-order valence-electron chi connectivity index (χ3n) is 14.7. The van der Waals surface area contributed by atoms with Gasteiger partial charge in [0.15, 0.2) is 0 Å². The summed E-state index contributed by atoms with van der Waals surface area (Å²) in [7, 11) is 0. The van der Waals surface area contributed by atoms with Crippen LogP contribution in [0, 0.1) is 0 Å². The molecule has 0 aromatic carbocycles. The fourth-order valence-electron chi connectivity index (χ4n) is 9.87. The van der Waals surface area contributed by atoms with Crippen LogP contribution in [0.15, 0.2) is 36.5 Å². The molecule has 4 N–H and O–H groups in total. The average molecular weight is 971 g/mol. The van der Waals surface area contributed by atoms with Crippen LogP contribution in [0.5, 0.6) is 0 Å². The molecule has 408 valence electrons. The van der Waals surface area contributed by atoms with Crippen molar-refractivity contribution in [3.05, 3.63) is 36.5 Å². The van der Waals surface area contributed by atoms with Gasteiger partial charge in [-0.2, -0.15) is 0 Å². The van der Waals surface area contributed by atoms with Crippen LogP contribution >= 0.6 is 0 Å². The summed E-state index contributed by atoms with van der Waals surface area (Å²) in [6.07, 6.45) is 78.3. The van der Waals surface area contributed by atoms with E-state index in [1.54, 1.807) is 6.08 Å². The van der Waals surface area contributed by atoms with E-state index in [9.17, 15) is 20.1 Å². The highest BCUT2D eigenvalue weighted by Gasteiger charge is 2.22. The second-order valence-electron chi connectivity index (χ2n) is 21.6. The van der Waals surface area contributed by atoms with Gasteiger partial charge in [-0.3, -0.25) is 4.79 Å². The Balaban J connectivity index is 3.56. The van der Waals surface area contributed by atoms with Crippen molar-refractivity contribution in [2.45, 2.75) is 360 Å². The Kier molecular flexibility index (Phi) is 57.9. The molecule has 0 saturated heterocycles. The molecule has 1 amide bonds. The van der Waals surface area contributed by atoms with E-state index in [1.807, 2.05) is 6.08 Å². The third kappa shape index (κ3) is 54.2. The van der Waals surface area contributed by atoms with Gasteiger partial charge in [-0.15, -0.1) is 0 Å². The molecule has 0 aliphatic rings. The minimum atomic E-state index is -1.11. The van der Waals surface area contributed by atoms with Crippen LogP contribution in [0.2, 0.25) is 0 Å². The van der Waals surface area contributed by atoms with Gasteiger partial charge in [0.2, 0.25) is 5.91 Å². The SMILES string of the molecule is CCCCCCCCCCCCCCCCC/C=C/CC/C=C/CC/C=C/C(O)C(CO)NC(=O)C(O)CCCCCCCCCCCCCCCCCCCCCCCCCCCCCCCC. The lowest BCUT2D eigenvalue weighted by atomic mass is 10.0. The molecule has 0 rings (SSSR count). The number of rotatable bonds is 58. The second-order valence-corrected chi connectivity index (χ2v) is 21.6. The zero-order valence-electron chi connectivity index (χ0n) is 46.7. The first-order chi connectivity index (χ1) is 34.1. The zero-order chi connectivity index (χ0) is 50.0. The molecule has 3 atom stereocenters. The molecule has 0 bridgehead atoms. The molecule has 0 heterocycles. The van der Waals surface area contributed by atoms with Crippen LogP contribution in [0.4, 0.5) is 0 Å². The van der Waals surface area contributed by atoms with Crippen molar-refractivity contribution in [3.8, 4) is 0 Å². The number of unbranched alkanes of at least 4 members (excludes halogenated alkanes) is 46. The first-order valence-electron chi connectivity index (χ1n) is 31.3. The maximum absolute atomic E-state index is 12.6. The standard InChI is InChI=1S/C64H123NO4/c1-3-5-7-9-11-13-15-17-19-21-23-25-27-29-30-31-32-33-35-37-39-41-43-45-47-49-51-53-55-57-59-63(68)64(69)65-61(60-66)62(67)58-56-54-52-50-48-46-44-42-40-38-36-34-28-26-24-22-20-18-16-14-12-10-8-6-4-2/h40,42,48,50,56,58,61-63,66-68H,3-39,41,43-47,49,51-55,57,59-60H2,1-2H3,(H,65,69)/b42-40+,50-48+,58-56+. The van der Waals surface area contributed by atoms with E-state index >= 15 is 0 Å². The molecule has 5 nitrogen and oxygen atoms in total. The maximum Gasteiger partial charge on any atom is 0.249 e. The van der Waals surface area contributed by atoms with Crippen LogP contribution in [0.3, 0.4) is 0 Å². The normalized spacial score (nSPS) is 13.4. The number of hydrogen-bond donors (Lipinski definition) is 4. The van der Waals surface area contributed by atoms with E-state index in [2.05, 4.69) is 43.5 Å². The van der Waals surface area contributed by atoms with Crippen molar-refractivity contribution < 1.29 is 20.1 Å². The number of carbonyl (C=O) groups excluding carboxylic acids is 1. The van der Waals surface area contributed by atoms with E-state index in [0.717, 1.165) is 44.9 Å². The number of carbonyl (C=O) groups is 1. The third-order valence-corrected chi connectivity index (χ3v) is 14.7. The lowest BCUT2D eigenvalue weighted by Gasteiger charge is -2.21. The molecule has 0 fully saturated rings. The molecular formula is C64H123NO4. The monoisotopic (exact) mass is 970 g/mol. The summed E-state index contributed by atoms with van der Waals surface area (Å²) in [5, 5.41) is 33.4. The number of aliphatic hydroxyl groups is 3. The van der Waals surface area contributed by atoms with Gasteiger partial charge >= 0.3 is 0 Å². The number of aliphatic hydroxyl groups excluding tert-OH is 3. The van der Waals surface area contributed by atoms with Gasteiger partial charge < -0.3 is 20.6 Å². The largest absolute Gasteiger partial charge is 0.394 e. The second kappa shape index (κ2) is 59.1. The van der Waals surface area contributed by atoms with Crippen LogP contribution in [-0.2, 0) is 4.79 Å². The van der Waals surface area contributed by atoms with Gasteiger partial charge in [0, 0.05) is 0 Å². The lowest BCUT2D eigenvalue weighted by molar-refractivity contribution is -0.131. The Morgan fingerprint density at radius 2 is 0.594 bits per heavy atom. The summed E-state index contributed by atoms with van der Waals surface area (Å²) in [4.78, 5) is 12.6. The van der Waals surface area contributed by atoms with Crippen molar-refractivity contribution >= 4 is 5.91 Å². The van der Waals surface area contributed by atoms with Crippen molar-refractivity contribution in [1.82, 2.24) is 5.32 Å². The number of allylic oxidation sites excluding steroid dienone is 5. The smallest absolute Gasteiger partial charge is 0.249 e. The fourth-order valence-corrected chi connectivity index (χ4v) is 9.87. The summed E-state index contributed by atoms with van der Waals surface area (Å²) in [6, 6.07) is -0.821. The Bertz CT molecular complexity index is 1070.